The summed E-state index contributed by atoms with van der Waals surface area (Å²) in [5, 5.41) is 7.34. The van der Waals surface area contributed by atoms with Crippen molar-refractivity contribution in [3.8, 4) is 0 Å². The van der Waals surface area contributed by atoms with Gasteiger partial charge in [0.25, 0.3) is 0 Å². The summed E-state index contributed by atoms with van der Waals surface area (Å²) in [4.78, 5) is 4.46. The number of nitrogens with one attached hydrogen (secondary N) is 4. The van der Waals surface area contributed by atoms with Crippen LogP contribution in [0.2, 0.25) is 5.02 Å². The van der Waals surface area contributed by atoms with Crippen molar-refractivity contribution in [2.75, 3.05) is 12.0 Å². The zero-order valence-electron chi connectivity index (χ0n) is 18.0. The molecular formula is C23H31ClN6. The number of rotatable bonds is 7. The summed E-state index contributed by atoms with van der Waals surface area (Å²) < 4.78 is 0. The highest BCUT2D eigenvalue weighted by Gasteiger charge is 2.16. The molecule has 6 nitrogen and oxygen atoms in total. The summed E-state index contributed by atoms with van der Waals surface area (Å²) in [6.07, 6.45) is 2.73. The van der Waals surface area contributed by atoms with Gasteiger partial charge in [0.2, 0.25) is 0 Å². The summed E-state index contributed by atoms with van der Waals surface area (Å²) in [6.45, 7) is 9.12. The Kier molecular flexibility index (Phi) is 7.02. The normalized spacial score (nSPS) is 16.5. The number of hydrogen-bond donors (Lipinski definition) is 5. The predicted octanol–water partition coefficient (Wildman–Crippen LogP) is 3.78. The number of guanidine groups is 1. The second-order valence-electron chi connectivity index (χ2n) is 8.48. The van der Waals surface area contributed by atoms with Crippen molar-refractivity contribution < 1.29 is 0 Å². The van der Waals surface area contributed by atoms with E-state index in [-0.39, 0.29) is 11.7 Å². The van der Waals surface area contributed by atoms with Gasteiger partial charge in [-0.3, -0.25) is 5.32 Å². The van der Waals surface area contributed by atoms with Crippen LogP contribution in [0.25, 0.3) is 5.70 Å². The first-order chi connectivity index (χ1) is 14.2. The third kappa shape index (κ3) is 6.23. The Labute approximate surface area is 184 Å². The minimum Gasteiger partial charge on any atom is -0.370 e. The van der Waals surface area contributed by atoms with E-state index < -0.39 is 0 Å². The van der Waals surface area contributed by atoms with Crippen molar-refractivity contribution in [1.29, 1.82) is 0 Å². The molecule has 6 N–H and O–H groups in total. The number of hydrazine groups is 1. The van der Waals surface area contributed by atoms with Crippen LogP contribution >= 0.6 is 11.6 Å². The average Bonchev–Trinajstić information content (AvgIpc) is 2.68. The molecule has 0 fully saturated rings. The highest BCUT2D eigenvalue weighted by Crippen LogP contribution is 2.25. The molecule has 0 spiro atoms. The standard InChI is InChI=1S/C23H31ClN6/c1-15-18(9-6-10-19(15)24)20-14-21(28-22(25)27-20)26-12-11-16-7-5-8-17(13-16)29-30-23(2,3)4/h5-10,13-14,21,26,29-30H,11-12H2,1-4H3,(H3,25,27,28). The number of aliphatic imine (C=N–C) groups is 1. The molecule has 1 atom stereocenters. The highest BCUT2D eigenvalue weighted by atomic mass is 35.5. The quantitative estimate of drug-likeness (QED) is 0.435. The van der Waals surface area contributed by atoms with E-state index in [1.807, 2.05) is 31.2 Å². The molecule has 160 valence electrons. The van der Waals surface area contributed by atoms with Gasteiger partial charge in [-0.2, -0.15) is 0 Å². The lowest BCUT2D eigenvalue weighted by molar-refractivity contribution is 0.465. The Bertz CT molecular complexity index is 945. The summed E-state index contributed by atoms with van der Waals surface area (Å²) in [6, 6.07) is 14.2. The summed E-state index contributed by atoms with van der Waals surface area (Å²) in [5.41, 5.74) is 17.8. The van der Waals surface area contributed by atoms with Crippen molar-refractivity contribution in [2.24, 2.45) is 10.7 Å². The maximum Gasteiger partial charge on any atom is 0.195 e. The second kappa shape index (κ2) is 9.51. The molecule has 1 aliphatic rings. The maximum atomic E-state index is 6.28. The van der Waals surface area contributed by atoms with Gasteiger partial charge < -0.3 is 16.5 Å². The molecule has 0 saturated carbocycles. The maximum absolute atomic E-state index is 6.28. The largest absolute Gasteiger partial charge is 0.370 e. The van der Waals surface area contributed by atoms with Crippen LogP contribution in [0.4, 0.5) is 5.69 Å². The minimum atomic E-state index is -0.191. The second-order valence-corrected chi connectivity index (χ2v) is 8.89. The first-order valence-corrected chi connectivity index (χ1v) is 10.5. The van der Waals surface area contributed by atoms with Gasteiger partial charge in [-0.15, -0.1) is 0 Å². The Morgan fingerprint density at radius 3 is 2.70 bits per heavy atom. The third-order valence-electron chi connectivity index (χ3n) is 4.70. The molecule has 1 heterocycles. The Morgan fingerprint density at radius 1 is 1.17 bits per heavy atom. The topological polar surface area (TPSA) is 86.5 Å². The highest BCUT2D eigenvalue weighted by molar-refractivity contribution is 6.31. The fourth-order valence-corrected chi connectivity index (χ4v) is 3.32. The van der Waals surface area contributed by atoms with E-state index >= 15 is 0 Å². The van der Waals surface area contributed by atoms with Crippen LogP contribution in [-0.2, 0) is 6.42 Å². The molecule has 0 saturated heterocycles. The van der Waals surface area contributed by atoms with Crippen LogP contribution in [0.5, 0.6) is 0 Å². The SMILES string of the molecule is Cc1c(Cl)cccc1C1=CC(NCCc2cccc(NNC(C)(C)C)c2)N=C(N)N1. The van der Waals surface area contributed by atoms with E-state index in [4.69, 9.17) is 17.3 Å². The smallest absolute Gasteiger partial charge is 0.195 e. The number of hydrogen-bond acceptors (Lipinski definition) is 6. The number of nitrogens with zero attached hydrogens (tertiary/aromatic N) is 1. The van der Waals surface area contributed by atoms with Gasteiger partial charge >= 0.3 is 0 Å². The van der Waals surface area contributed by atoms with Crippen LogP contribution in [0, 0.1) is 6.92 Å². The molecule has 2 aromatic carbocycles. The van der Waals surface area contributed by atoms with E-state index in [2.05, 4.69) is 71.5 Å². The van der Waals surface area contributed by atoms with E-state index in [0.717, 1.165) is 40.5 Å². The minimum absolute atomic E-state index is 0.00408. The lowest BCUT2D eigenvalue weighted by Crippen LogP contribution is -2.40. The number of halogens is 1. The van der Waals surface area contributed by atoms with Crippen molar-refractivity contribution >= 4 is 28.9 Å². The van der Waals surface area contributed by atoms with E-state index in [0.29, 0.717) is 5.96 Å². The number of nitrogens with two attached hydrogens (primary N) is 1. The van der Waals surface area contributed by atoms with Gasteiger partial charge in [0, 0.05) is 34.1 Å². The fourth-order valence-electron chi connectivity index (χ4n) is 3.15. The average molecular weight is 427 g/mol. The summed E-state index contributed by atoms with van der Waals surface area (Å²) in [5.74, 6) is 0.392. The van der Waals surface area contributed by atoms with Gasteiger partial charge in [-0.1, -0.05) is 35.9 Å². The zero-order chi connectivity index (χ0) is 21.7. The molecule has 1 aliphatic heterocycles. The van der Waals surface area contributed by atoms with Gasteiger partial charge in [-0.25, -0.2) is 10.4 Å². The van der Waals surface area contributed by atoms with Gasteiger partial charge in [0.15, 0.2) is 5.96 Å². The van der Waals surface area contributed by atoms with Gasteiger partial charge in [-0.05, 0) is 69.5 Å². The van der Waals surface area contributed by atoms with Crippen LogP contribution in [0.15, 0.2) is 53.5 Å². The number of benzene rings is 2. The van der Waals surface area contributed by atoms with Crippen LogP contribution in [0.3, 0.4) is 0 Å². The molecule has 3 rings (SSSR count). The molecule has 0 radical (unpaired) electrons. The van der Waals surface area contributed by atoms with E-state index in [1.165, 1.54) is 5.56 Å². The molecule has 30 heavy (non-hydrogen) atoms. The lowest BCUT2D eigenvalue weighted by Gasteiger charge is -2.23. The Balaban J connectivity index is 1.61. The molecule has 0 aliphatic carbocycles. The van der Waals surface area contributed by atoms with Crippen molar-refractivity contribution in [3.63, 3.8) is 0 Å². The van der Waals surface area contributed by atoms with Gasteiger partial charge in [0.1, 0.15) is 6.17 Å². The predicted molar refractivity (Wildman–Crippen MR) is 127 cm³/mol. The number of anilines is 1. The van der Waals surface area contributed by atoms with Crippen LogP contribution in [-0.4, -0.2) is 24.2 Å². The van der Waals surface area contributed by atoms with Crippen LogP contribution < -0.4 is 27.2 Å². The van der Waals surface area contributed by atoms with Crippen molar-refractivity contribution in [2.45, 2.75) is 45.8 Å². The fraction of sp³-hybridized carbons (Fsp3) is 0.348. The zero-order valence-corrected chi connectivity index (χ0v) is 18.8. The van der Waals surface area contributed by atoms with Crippen molar-refractivity contribution in [3.05, 3.63) is 70.3 Å². The van der Waals surface area contributed by atoms with Crippen LogP contribution in [0.1, 0.15) is 37.5 Å². The first kappa shape index (κ1) is 22.2. The lowest BCUT2D eigenvalue weighted by atomic mass is 10.0. The van der Waals surface area contributed by atoms with E-state index in [9.17, 15) is 0 Å². The Morgan fingerprint density at radius 2 is 1.93 bits per heavy atom. The van der Waals surface area contributed by atoms with E-state index in [1.54, 1.807) is 0 Å². The summed E-state index contributed by atoms with van der Waals surface area (Å²) in [7, 11) is 0. The molecule has 0 aromatic heterocycles. The van der Waals surface area contributed by atoms with Crippen molar-refractivity contribution in [1.82, 2.24) is 16.1 Å². The summed E-state index contributed by atoms with van der Waals surface area (Å²) >= 11 is 6.28. The Hall–Kier alpha value is -2.54. The molecule has 0 bridgehead atoms. The molecule has 1 unspecified atom stereocenters. The monoisotopic (exact) mass is 426 g/mol. The third-order valence-corrected chi connectivity index (χ3v) is 5.11. The molecule has 0 amide bonds. The van der Waals surface area contributed by atoms with Gasteiger partial charge in [0.05, 0.1) is 0 Å². The first-order valence-electron chi connectivity index (χ1n) is 10.1. The molecule has 2 aromatic rings. The molecule has 7 heteroatoms. The molecular weight excluding hydrogens is 396 g/mol.